The summed E-state index contributed by atoms with van der Waals surface area (Å²) in [7, 11) is 0. The molecule has 1 heterocycles. The third kappa shape index (κ3) is 4.45. The third-order valence-corrected chi connectivity index (χ3v) is 3.53. The highest BCUT2D eigenvalue weighted by Gasteiger charge is 2.12. The van der Waals surface area contributed by atoms with E-state index >= 15 is 0 Å². The van der Waals surface area contributed by atoms with Crippen LogP contribution in [0.1, 0.15) is 52.0 Å². The van der Waals surface area contributed by atoms with Crippen molar-refractivity contribution in [2.75, 3.05) is 6.61 Å². The average Bonchev–Trinajstić information content (AvgIpc) is 2.39. The van der Waals surface area contributed by atoms with E-state index in [-0.39, 0.29) is 0 Å². The summed E-state index contributed by atoms with van der Waals surface area (Å²) in [6.45, 7) is 7.17. The zero-order valence-electron chi connectivity index (χ0n) is 11.6. The fourth-order valence-electron chi connectivity index (χ4n) is 1.89. The van der Waals surface area contributed by atoms with Crippen molar-refractivity contribution in [3.8, 4) is 5.88 Å². The molecule has 1 aromatic rings. The molecular formula is C14H23ClN2O. The number of aromatic nitrogens is 2. The fourth-order valence-corrected chi connectivity index (χ4v) is 2.15. The van der Waals surface area contributed by atoms with Crippen molar-refractivity contribution in [3.63, 3.8) is 0 Å². The molecule has 1 atom stereocenters. The van der Waals surface area contributed by atoms with E-state index in [2.05, 4.69) is 23.8 Å². The fraction of sp³-hybridized carbons (Fsp3) is 0.714. The number of rotatable bonds is 8. The Bertz CT molecular complexity index is 358. The molecule has 0 saturated carbocycles. The van der Waals surface area contributed by atoms with Crippen LogP contribution in [0.15, 0.2) is 6.33 Å². The summed E-state index contributed by atoms with van der Waals surface area (Å²) in [6.07, 6.45) is 7.10. The molecule has 1 unspecified atom stereocenters. The summed E-state index contributed by atoms with van der Waals surface area (Å²) in [4.78, 5) is 8.16. The van der Waals surface area contributed by atoms with E-state index in [1.54, 1.807) is 0 Å². The van der Waals surface area contributed by atoms with Crippen molar-refractivity contribution in [2.24, 2.45) is 5.92 Å². The Kier molecular flexibility index (Phi) is 7.02. The zero-order chi connectivity index (χ0) is 13.4. The van der Waals surface area contributed by atoms with Gasteiger partial charge in [0.05, 0.1) is 12.2 Å². The van der Waals surface area contributed by atoms with E-state index in [0.717, 1.165) is 25.0 Å². The first-order valence-electron chi connectivity index (χ1n) is 6.85. The molecule has 18 heavy (non-hydrogen) atoms. The van der Waals surface area contributed by atoms with Crippen LogP contribution in [0, 0.1) is 5.92 Å². The molecule has 0 bridgehead atoms. The summed E-state index contributed by atoms with van der Waals surface area (Å²) in [5.74, 6) is 1.25. The molecule has 0 aliphatic carbocycles. The molecule has 4 heteroatoms. The third-order valence-electron chi connectivity index (χ3n) is 3.21. The molecule has 1 rings (SSSR count). The van der Waals surface area contributed by atoms with E-state index in [0.29, 0.717) is 17.0 Å². The first-order chi connectivity index (χ1) is 8.72. The van der Waals surface area contributed by atoms with Crippen LogP contribution in [-0.4, -0.2) is 16.6 Å². The number of unbranched alkanes of at least 4 members (excludes halogenated alkanes) is 1. The molecule has 0 fully saturated rings. The Balaban J connectivity index is 2.59. The second-order valence-corrected chi connectivity index (χ2v) is 4.89. The Morgan fingerprint density at radius 2 is 2.06 bits per heavy atom. The minimum atomic E-state index is 0.504. The van der Waals surface area contributed by atoms with Gasteiger partial charge in [-0.2, -0.15) is 0 Å². The summed E-state index contributed by atoms with van der Waals surface area (Å²) >= 11 is 6.03. The highest BCUT2D eigenvalue weighted by molar-refractivity contribution is 6.30. The summed E-state index contributed by atoms with van der Waals surface area (Å²) in [5, 5.41) is 0.504. The van der Waals surface area contributed by atoms with Crippen LogP contribution in [0.5, 0.6) is 5.88 Å². The van der Waals surface area contributed by atoms with Gasteiger partial charge in [-0.1, -0.05) is 51.6 Å². The van der Waals surface area contributed by atoms with E-state index < -0.39 is 0 Å². The molecular weight excluding hydrogens is 248 g/mol. The predicted molar refractivity (Wildman–Crippen MR) is 75.2 cm³/mol. The van der Waals surface area contributed by atoms with Crippen molar-refractivity contribution in [3.05, 3.63) is 17.0 Å². The number of ether oxygens (including phenoxy) is 1. The molecule has 0 aromatic carbocycles. The van der Waals surface area contributed by atoms with Gasteiger partial charge in [-0.05, 0) is 18.8 Å². The maximum atomic E-state index is 6.03. The SMILES string of the molecule is CCCCC(CC)COc1ncnc(Cl)c1CC. The predicted octanol–water partition coefficient (Wildman–Crippen LogP) is 4.29. The minimum Gasteiger partial charge on any atom is -0.477 e. The highest BCUT2D eigenvalue weighted by atomic mass is 35.5. The summed E-state index contributed by atoms with van der Waals surface area (Å²) in [6, 6.07) is 0. The first kappa shape index (κ1) is 15.2. The molecule has 0 amide bonds. The maximum Gasteiger partial charge on any atom is 0.221 e. The second kappa shape index (κ2) is 8.30. The Morgan fingerprint density at radius 3 is 2.67 bits per heavy atom. The van der Waals surface area contributed by atoms with E-state index in [1.807, 2.05) is 6.92 Å². The van der Waals surface area contributed by atoms with Gasteiger partial charge in [0, 0.05) is 0 Å². The lowest BCUT2D eigenvalue weighted by Gasteiger charge is -2.16. The van der Waals surface area contributed by atoms with E-state index in [4.69, 9.17) is 16.3 Å². The topological polar surface area (TPSA) is 35.0 Å². The standard InChI is InChI=1S/C14H23ClN2O/c1-4-7-8-11(5-2)9-18-14-12(6-3)13(15)16-10-17-14/h10-11H,4-9H2,1-3H3. The van der Waals surface area contributed by atoms with Crippen LogP contribution in [0.4, 0.5) is 0 Å². The molecule has 1 aromatic heterocycles. The molecule has 0 saturated heterocycles. The van der Waals surface area contributed by atoms with Crippen molar-refractivity contribution in [2.45, 2.75) is 52.9 Å². The molecule has 0 aliphatic heterocycles. The monoisotopic (exact) mass is 270 g/mol. The second-order valence-electron chi connectivity index (χ2n) is 4.53. The van der Waals surface area contributed by atoms with Gasteiger partial charge in [-0.3, -0.25) is 0 Å². The van der Waals surface area contributed by atoms with Gasteiger partial charge in [-0.25, -0.2) is 9.97 Å². The van der Waals surface area contributed by atoms with Gasteiger partial charge in [0.2, 0.25) is 5.88 Å². The molecule has 0 radical (unpaired) electrons. The Labute approximate surface area is 115 Å². The Morgan fingerprint density at radius 1 is 1.28 bits per heavy atom. The normalized spacial score (nSPS) is 12.4. The lowest BCUT2D eigenvalue weighted by molar-refractivity contribution is 0.223. The van der Waals surface area contributed by atoms with Crippen LogP contribution in [0.3, 0.4) is 0 Å². The van der Waals surface area contributed by atoms with Crippen LogP contribution >= 0.6 is 11.6 Å². The first-order valence-corrected chi connectivity index (χ1v) is 7.22. The van der Waals surface area contributed by atoms with Crippen molar-refractivity contribution in [1.29, 1.82) is 0 Å². The number of nitrogens with zero attached hydrogens (tertiary/aromatic N) is 2. The summed E-state index contributed by atoms with van der Waals surface area (Å²) in [5.41, 5.74) is 0.907. The molecule has 3 nitrogen and oxygen atoms in total. The largest absolute Gasteiger partial charge is 0.477 e. The van der Waals surface area contributed by atoms with E-state index in [1.165, 1.54) is 25.6 Å². The smallest absolute Gasteiger partial charge is 0.221 e. The van der Waals surface area contributed by atoms with Crippen LogP contribution in [-0.2, 0) is 6.42 Å². The van der Waals surface area contributed by atoms with Crippen molar-refractivity contribution >= 4 is 11.6 Å². The van der Waals surface area contributed by atoms with Gasteiger partial charge in [0.25, 0.3) is 0 Å². The van der Waals surface area contributed by atoms with Gasteiger partial charge >= 0.3 is 0 Å². The highest BCUT2D eigenvalue weighted by Crippen LogP contribution is 2.23. The number of hydrogen-bond donors (Lipinski definition) is 0. The molecule has 0 spiro atoms. The van der Waals surface area contributed by atoms with Crippen LogP contribution in [0.2, 0.25) is 5.15 Å². The molecule has 0 N–H and O–H groups in total. The lowest BCUT2D eigenvalue weighted by atomic mass is 10.0. The molecule has 102 valence electrons. The average molecular weight is 271 g/mol. The summed E-state index contributed by atoms with van der Waals surface area (Å²) < 4.78 is 5.82. The van der Waals surface area contributed by atoms with Gasteiger partial charge in [-0.15, -0.1) is 0 Å². The minimum absolute atomic E-state index is 0.504. The quantitative estimate of drug-likeness (QED) is 0.661. The van der Waals surface area contributed by atoms with Crippen molar-refractivity contribution < 1.29 is 4.74 Å². The number of hydrogen-bond acceptors (Lipinski definition) is 3. The zero-order valence-corrected chi connectivity index (χ0v) is 12.3. The lowest BCUT2D eigenvalue weighted by Crippen LogP contribution is -2.13. The Hall–Kier alpha value is -0.830. The number of halogens is 1. The maximum absolute atomic E-state index is 6.03. The molecule has 0 aliphatic rings. The van der Waals surface area contributed by atoms with Gasteiger partial charge < -0.3 is 4.74 Å². The van der Waals surface area contributed by atoms with Crippen molar-refractivity contribution in [1.82, 2.24) is 9.97 Å². The van der Waals surface area contributed by atoms with Gasteiger partial charge in [0.15, 0.2) is 0 Å². The van der Waals surface area contributed by atoms with Crippen LogP contribution < -0.4 is 4.74 Å². The van der Waals surface area contributed by atoms with Crippen LogP contribution in [0.25, 0.3) is 0 Å². The van der Waals surface area contributed by atoms with E-state index in [9.17, 15) is 0 Å². The van der Waals surface area contributed by atoms with Gasteiger partial charge in [0.1, 0.15) is 11.5 Å².